The number of carbonyl (C=O) groups is 1. The van der Waals surface area contributed by atoms with Gasteiger partial charge in [0.25, 0.3) is 11.1 Å². The minimum absolute atomic E-state index is 0.102. The Hall–Kier alpha value is -2.22. The van der Waals surface area contributed by atoms with Crippen molar-refractivity contribution in [1.29, 1.82) is 0 Å². The first-order valence-electron chi connectivity index (χ1n) is 7.89. The number of rotatable bonds is 7. The second kappa shape index (κ2) is 9.12. The third-order valence-corrected chi connectivity index (χ3v) is 4.62. The van der Waals surface area contributed by atoms with Crippen molar-refractivity contribution < 1.29 is 13.9 Å². The van der Waals surface area contributed by atoms with Crippen LogP contribution in [0, 0.1) is 6.92 Å². The Balaban J connectivity index is 1.49. The van der Waals surface area contributed by atoms with Gasteiger partial charge in [-0.3, -0.25) is 4.79 Å². The average molecular weight is 424 g/mol. The first kappa shape index (κ1) is 19.5. The fourth-order valence-corrected chi connectivity index (χ4v) is 3.27. The van der Waals surface area contributed by atoms with Crippen molar-refractivity contribution in [2.45, 2.75) is 18.8 Å². The molecule has 0 aliphatic rings. The van der Waals surface area contributed by atoms with Gasteiger partial charge in [0, 0.05) is 15.7 Å². The molecule has 0 saturated heterocycles. The summed E-state index contributed by atoms with van der Waals surface area (Å²) in [4.78, 5) is 12.0. The van der Waals surface area contributed by atoms with Gasteiger partial charge in [0.2, 0.25) is 5.91 Å². The summed E-state index contributed by atoms with van der Waals surface area (Å²) in [5.41, 5.74) is 1.54. The lowest BCUT2D eigenvalue weighted by atomic mass is 10.2. The number of nitrogens with zero attached hydrogens (tertiary/aromatic N) is 2. The van der Waals surface area contributed by atoms with Crippen molar-refractivity contribution in [3.05, 3.63) is 64.0 Å². The van der Waals surface area contributed by atoms with Gasteiger partial charge >= 0.3 is 0 Å². The monoisotopic (exact) mass is 423 g/mol. The van der Waals surface area contributed by atoms with Crippen molar-refractivity contribution >= 4 is 46.6 Å². The molecule has 0 radical (unpaired) electrons. The summed E-state index contributed by atoms with van der Waals surface area (Å²) in [6.45, 7) is 2.11. The first-order valence-corrected chi connectivity index (χ1v) is 9.63. The largest absolute Gasteiger partial charge is 0.484 e. The molecule has 0 unspecified atom stereocenters. The van der Waals surface area contributed by atoms with E-state index in [1.807, 2.05) is 31.2 Å². The highest BCUT2D eigenvalue weighted by atomic mass is 35.5. The van der Waals surface area contributed by atoms with E-state index in [9.17, 15) is 4.79 Å². The molecule has 0 atom stereocenters. The van der Waals surface area contributed by atoms with Crippen molar-refractivity contribution in [3.63, 3.8) is 0 Å². The van der Waals surface area contributed by atoms with E-state index in [4.69, 9.17) is 32.4 Å². The van der Waals surface area contributed by atoms with E-state index in [1.165, 1.54) is 0 Å². The van der Waals surface area contributed by atoms with E-state index in [0.29, 0.717) is 21.6 Å². The normalized spacial score (nSPS) is 10.6. The predicted molar refractivity (Wildman–Crippen MR) is 106 cm³/mol. The molecule has 3 aromatic rings. The molecule has 0 spiro atoms. The topological polar surface area (TPSA) is 77.2 Å². The smallest absolute Gasteiger partial charge is 0.277 e. The molecule has 1 N–H and O–H groups in total. The van der Waals surface area contributed by atoms with Crippen LogP contribution in [0.2, 0.25) is 10.0 Å². The molecular weight excluding hydrogens is 409 g/mol. The number of thioether (sulfide) groups is 1. The van der Waals surface area contributed by atoms with Crippen molar-refractivity contribution in [2.75, 3.05) is 11.1 Å². The van der Waals surface area contributed by atoms with Crippen molar-refractivity contribution in [3.8, 4) is 5.75 Å². The van der Waals surface area contributed by atoms with Gasteiger partial charge in [0.1, 0.15) is 5.75 Å². The van der Waals surface area contributed by atoms with E-state index in [0.717, 1.165) is 23.1 Å². The maximum atomic E-state index is 12.0. The molecule has 3 rings (SSSR count). The number of anilines is 1. The van der Waals surface area contributed by atoms with Crippen LogP contribution in [0.4, 0.5) is 5.69 Å². The van der Waals surface area contributed by atoms with E-state index < -0.39 is 0 Å². The molecule has 1 amide bonds. The Kier molecular flexibility index (Phi) is 6.60. The van der Waals surface area contributed by atoms with Crippen LogP contribution in [0.1, 0.15) is 11.5 Å². The Morgan fingerprint density at radius 1 is 1.19 bits per heavy atom. The van der Waals surface area contributed by atoms with E-state index >= 15 is 0 Å². The van der Waals surface area contributed by atoms with Gasteiger partial charge in [-0.25, -0.2) is 0 Å². The molecule has 1 heterocycles. The molecule has 6 nitrogen and oxygen atoms in total. The lowest BCUT2D eigenvalue weighted by Gasteiger charge is -2.06. The lowest BCUT2D eigenvalue weighted by molar-refractivity contribution is -0.113. The van der Waals surface area contributed by atoms with Crippen LogP contribution in [0.25, 0.3) is 0 Å². The second-order valence-corrected chi connectivity index (χ2v) is 7.31. The number of carbonyl (C=O) groups excluding carboxylic acids is 1. The van der Waals surface area contributed by atoms with Crippen LogP contribution in [-0.4, -0.2) is 21.9 Å². The second-order valence-electron chi connectivity index (χ2n) is 5.51. The molecule has 140 valence electrons. The summed E-state index contributed by atoms with van der Waals surface area (Å²) in [6, 6.07) is 12.5. The minimum Gasteiger partial charge on any atom is -0.484 e. The maximum absolute atomic E-state index is 12.0. The molecule has 27 heavy (non-hydrogen) atoms. The van der Waals surface area contributed by atoms with Gasteiger partial charge in [0.15, 0.2) is 6.61 Å². The molecule has 0 aliphatic heterocycles. The fraction of sp³-hybridized carbons (Fsp3) is 0.167. The van der Waals surface area contributed by atoms with Gasteiger partial charge in [-0.2, -0.15) is 0 Å². The van der Waals surface area contributed by atoms with Crippen LogP contribution < -0.4 is 10.1 Å². The third kappa shape index (κ3) is 5.89. The zero-order chi connectivity index (χ0) is 19.2. The van der Waals surface area contributed by atoms with Gasteiger partial charge in [-0.15, -0.1) is 10.2 Å². The molecule has 2 aromatic carbocycles. The molecule has 9 heteroatoms. The summed E-state index contributed by atoms with van der Waals surface area (Å²) in [6.07, 6.45) is 0. The minimum atomic E-state index is -0.241. The van der Waals surface area contributed by atoms with Crippen molar-refractivity contribution in [2.24, 2.45) is 0 Å². The Morgan fingerprint density at radius 2 is 1.93 bits per heavy atom. The number of hydrogen-bond donors (Lipinski definition) is 1. The first-order chi connectivity index (χ1) is 13.0. The molecular formula is C18H15Cl2N3O3S. The van der Waals surface area contributed by atoms with Crippen LogP contribution in [0.5, 0.6) is 5.75 Å². The number of halogens is 2. The summed E-state index contributed by atoms with van der Waals surface area (Å²) in [7, 11) is 0. The van der Waals surface area contributed by atoms with Crippen LogP contribution in [0.3, 0.4) is 0 Å². The zero-order valence-corrected chi connectivity index (χ0v) is 16.6. The molecule has 0 aliphatic carbocycles. The standard InChI is InChI=1S/C18H15Cl2N3O3S/c1-11-4-2-3-5-15(11)25-9-17-22-23-18(26-17)27-10-16(24)21-14-7-12(19)6-13(20)8-14/h2-8H,9-10H2,1H3,(H,21,24). The highest BCUT2D eigenvalue weighted by molar-refractivity contribution is 7.99. The van der Waals surface area contributed by atoms with Crippen LogP contribution >= 0.6 is 35.0 Å². The SMILES string of the molecule is Cc1ccccc1OCc1nnc(SCC(=O)Nc2cc(Cl)cc(Cl)c2)o1. The van der Waals surface area contributed by atoms with Gasteiger partial charge in [-0.05, 0) is 36.8 Å². The number of aryl methyl sites for hydroxylation is 1. The highest BCUT2D eigenvalue weighted by Gasteiger charge is 2.11. The summed E-state index contributed by atoms with van der Waals surface area (Å²) in [5.74, 6) is 0.950. The molecule has 1 aromatic heterocycles. The number of hydrogen-bond acceptors (Lipinski definition) is 6. The zero-order valence-electron chi connectivity index (χ0n) is 14.2. The quantitative estimate of drug-likeness (QED) is 0.539. The summed E-state index contributed by atoms with van der Waals surface area (Å²) in [5, 5.41) is 11.7. The number of para-hydroxylation sites is 1. The maximum Gasteiger partial charge on any atom is 0.277 e. The summed E-state index contributed by atoms with van der Waals surface area (Å²) >= 11 is 12.9. The lowest BCUT2D eigenvalue weighted by Crippen LogP contribution is -2.13. The molecule has 0 bridgehead atoms. The Labute approximate surface area is 170 Å². The van der Waals surface area contributed by atoms with E-state index in [1.54, 1.807) is 18.2 Å². The number of benzene rings is 2. The molecule has 0 saturated carbocycles. The predicted octanol–water partition coefficient (Wildman–Crippen LogP) is 4.99. The Morgan fingerprint density at radius 3 is 2.67 bits per heavy atom. The number of aromatic nitrogens is 2. The number of nitrogens with one attached hydrogen (secondary N) is 1. The van der Waals surface area contributed by atoms with Gasteiger partial charge in [0.05, 0.1) is 5.75 Å². The highest BCUT2D eigenvalue weighted by Crippen LogP contribution is 2.23. The van der Waals surface area contributed by atoms with Crippen molar-refractivity contribution in [1.82, 2.24) is 10.2 Å². The third-order valence-electron chi connectivity index (χ3n) is 3.37. The Bertz CT molecular complexity index is 929. The number of ether oxygens (including phenoxy) is 1. The summed E-state index contributed by atoms with van der Waals surface area (Å²) < 4.78 is 11.1. The molecule has 0 fully saturated rings. The van der Waals surface area contributed by atoms with Crippen LogP contribution in [0.15, 0.2) is 52.1 Å². The number of amides is 1. The van der Waals surface area contributed by atoms with Gasteiger partial charge in [-0.1, -0.05) is 53.2 Å². The van der Waals surface area contributed by atoms with Gasteiger partial charge < -0.3 is 14.5 Å². The van der Waals surface area contributed by atoms with E-state index in [-0.39, 0.29) is 23.5 Å². The van der Waals surface area contributed by atoms with Crippen LogP contribution in [-0.2, 0) is 11.4 Å². The fourth-order valence-electron chi connectivity index (χ4n) is 2.16. The average Bonchev–Trinajstić information content (AvgIpc) is 3.06. The van der Waals surface area contributed by atoms with E-state index in [2.05, 4.69) is 15.5 Å².